The standard InChI is InChI=1S/2C18H34N3O3.2C3H7.2Y/c2*1-5-10-14(3)20-18(24)21-15(4)11-8-7-9-12-17(23)16(6-2)19-13-22;2*1-3-2;;/h2*14-16H,5-12H2,1-4H3,(H,19,22)(H2,20,21,24);2*1,3H2,2H3;;/q4*-1;;. The minimum atomic E-state index is -0.406. The number of nitrogens with one attached hydrogen (secondary N) is 6. The Morgan fingerprint density at radius 3 is 0.982 bits per heavy atom. The van der Waals surface area contributed by atoms with Gasteiger partial charge in [-0.1, -0.05) is 80.1 Å². The number of carbonyl (C=O) groups is 4. The zero-order valence-electron chi connectivity index (χ0n) is 37.2. The number of hydrogen-bond donors (Lipinski definition) is 6. The van der Waals surface area contributed by atoms with E-state index in [0.717, 1.165) is 89.9 Å². The number of amides is 6. The Balaban J connectivity index is -0.000000189. The van der Waals surface area contributed by atoms with E-state index in [2.05, 4.69) is 59.6 Å². The molecule has 12 nitrogen and oxygen atoms in total. The molecule has 14 heteroatoms. The van der Waals surface area contributed by atoms with Crippen molar-refractivity contribution in [2.45, 2.75) is 221 Å². The van der Waals surface area contributed by atoms with Gasteiger partial charge in [0.15, 0.2) is 11.6 Å². The van der Waals surface area contributed by atoms with Crippen LogP contribution in [0.25, 0.3) is 0 Å². The van der Waals surface area contributed by atoms with Crippen molar-refractivity contribution in [2.75, 3.05) is 0 Å². The summed E-state index contributed by atoms with van der Waals surface area (Å²) < 4.78 is 0. The normalized spacial score (nSPS) is 12.9. The summed E-state index contributed by atoms with van der Waals surface area (Å²) in [5.74, 6) is 0.132. The molecular weight excluding hydrogens is 862 g/mol. The van der Waals surface area contributed by atoms with Crippen molar-refractivity contribution in [3.63, 3.8) is 0 Å². The van der Waals surface area contributed by atoms with E-state index in [1.165, 1.54) is 0 Å². The largest absolute Gasteiger partial charge is 0.521 e. The maximum atomic E-state index is 11.9. The molecule has 0 aromatic carbocycles. The molecule has 0 rings (SSSR count). The van der Waals surface area contributed by atoms with Crippen LogP contribution in [0.4, 0.5) is 9.59 Å². The van der Waals surface area contributed by atoms with Crippen LogP contribution in [0.3, 0.4) is 0 Å². The minimum Gasteiger partial charge on any atom is -0.521 e. The molecule has 56 heavy (non-hydrogen) atoms. The first-order valence-electron chi connectivity index (χ1n) is 20.7. The van der Waals surface area contributed by atoms with E-state index in [0.29, 0.717) is 25.7 Å². The van der Waals surface area contributed by atoms with Gasteiger partial charge in [-0.05, 0) is 79.1 Å². The predicted molar refractivity (Wildman–Crippen MR) is 224 cm³/mol. The maximum Gasteiger partial charge on any atom is 0.315 e. The van der Waals surface area contributed by atoms with Crippen molar-refractivity contribution < 1.29 is 94.2 Å². The van der Waals surface area contributed by atoms with E-state index in [9.17, 15) is 28.8 Å². The van der Waals surface area contributed by atoms with E-state index in [4.69, 9.17) is 0 Å². The molecule has 0 aliphatic carbocycles. The van der Waals surface area contributed by atoms with E-state index >= 15 is 0 Å². The number of carbonyl (C=O) groups excluding carboxylic acids is 6. The zero-order valence-corrected chi connectivity index (χ0v) is 42.9. The first kappa shape index (κ1) is 66.8. The zero-order chi connectivity index (χ0) is 42.2. The topological polar surface area (TPSA) is 175 Å². The summed E-state index contributed by atoms with van der Waals surface area (Å²) in [6.45, 7) is 26.9. The van der Waals surface area contributed by atoms with Crippen LogP contribution in [0.2, 0.25) is 0 Å². The minimum absolute atomic E-state index is 0. The van der Waals surface area contributed by atoms with Gasteiger partial charge < -0.3 is 55.3 Å². The second-order valence-corrected chi connectivity index (χ2v) is 14.0. The number of Topliss-reactive ketones (excluding diaryl/α,β-unsaturated/α-hetero) is 2. The average Bonchev–Trinajstić information content (AvgIpc) is 3.09. The Morgan fingerprint density at radius 1 is 0.482 bits per heavy atom. The number of unbranched alkanes of at least 4 members (excludes halogenated alkanes) is 4. The molecule has 6 unspecified atom stereocenters. The molecule has 6 N–H and O–H groups in total. The number of urea groups is 2. The van der Waals surface area contributed by atoms with Gasteiger partial charge in [0.05, 0.1) is 12.1 Å². The quantitative estimate of drug-likeness (QED) is 0.0263. The van der Waals surface area contributed by atoms with Crippen molar-refractivity contribution in [3.05, 3.63) is 13.8 Å². The van der Waals surface area contributed by atoms with E-state index in [1.807, 2.05) is 55.4 Å². The van der Waals surface area contributed by atoms with Crippen LogP contribution in [-0.4, -0.2) is 72.7 Å². The van der Waals surface area contributed by atoms with Crippen LogP contribution >= 0.6 is 0 Å². The summed E-state index contributed by atoms with van der Waals surface area (Å²) in [5.41, 5.74) is 0. The summed E-state index contributed by atoms with van der Waals surface area (Å²) in [4.78, 5) is 67.9. The average molecular weight is 945 g/mol. The van der Waals surface area contributed by atoms with Crippen LogP contribution in [0.1, 0.15) is 185 Å². The van der Waals surface area contributed by atoms with Gasteiger partial charge in [-0.3, -0.25) is 9.59 Å². The first-order valence-corrected chi connectivity index (χ1v) is 20.7. The monoisotopic (exact) mass is 944 g/mol. The molecule has 0 fully saturated rings. The summed E-state index contributed by atoms with van der Waals surface area (Å²) in [6.07, 6.45) is 18.6. The van der Waals surface area contributed by atoms with Gasteiger partial charge in [0.2, 0.25) is 0 Å². The Kier molecular flexibility index (Phi) is 59.9. The van der Waals surface area contributed by atoms with Crippen LogP contribution in [0, 0.1) is 13.8 Å². The van der Waals surface area contributed by atoms with Crippen molar-refractivity contribution >= 4 is 36.4 Å². The van der Waals surface area contributed by atoms with Crippen molar-refractivity contribution in [2.24, 2.45) is 0 Å². The van der Waals surface area contributed by atoms with Crippen molar-refractivity contribution in [3.8, 4) is 0 Å². The third-order valence-corrected chi connectivity index (χ3v) is 8.13. The van der Waals surface area contributed by atoms with Gasteiger partial charge >= 0.3 is 12.1 Å². The number of ketones is 2. The van der Waals surface area contributed by atoms with Gasteiger partial charge in [0.1, 0.15) is 0 Å². The van der Waals surface area contributed by atoms with E-state index in [-0.39, 0.29) is 113 Å². The van der Waals surface area contributed by atoms with E-state index in [1.54, 1.807) is 12.8 Å². The molecule has 0 saturated carbocycles. The molecule has 0 saturated heterocycles. The molecule has 0 bridgehead atoms. The molecule has 2 radical (unpaired) electrons. The SMILES string of the molecule is CCCC(C)NC(=O)NC(C)CCCCCC(=O)C(CC)N[C-]=O.CCCC(C)NC(=O)NC(C)CCCCCC(=O)C(CC)N[C-]=O.[CH2-]CC.[CH2-]CC.[Y].[Y]. The molecule has 6 atom stereocenters. The summed E-state index contributed by atoms with van der Waals surface area (Å²) in [6, 6.07) is -0.419. The van der Waals surface area contributed by atoms with Gasteiger partial charge in [-0.25, -0.2) is 9.59 Å². The first-order chi connectivity index (χ1) is 25.7. The molecule has 0 aromatic rings. The molecular formula is C42H82N6O6Y2-4. The molecule has 0 aliphatic rings. The maximum absolute atomic E-state index is 11.9. The summed E-state index contributed by atoms with van der Waals surface area (Å²) in [7, 11) is 0. The van der Waals surface area contributed by atoms with Crippen LogP contribution < -0.4 is 31.9 Å². The van der Waals surface area contributed by atoms with Crippen molar-refractivity contribution in [1.29, 1.82) is 0 Å². The van der Waals surface area contributed by atoms with Gasteiger partial charge in [-0.2, -0.15) is 25.7 Å². The molecule has 6 amide bonds. The van der Waals surface area contributed by atoms with Crippen LogP contribution in [0.15, 0.2) is 0 Å². The second kappa shape index (κ2) is 50.2. The summed E-state index contributed by atoms with van der Waals surface area (Å²) >= 11 is 0. The Morgan fingerprint density at radius 2 is 0.750 bits per heavy atom. The molecule has 326 valence electrons. The fourth-order valence-corrected chi connectivity index (χ4v) is 5.30. The Labute approximate surface area is 394 Å². The van der Waals surface area contributed by atoms with Gasteiger partial charge in [-0.15, -0.1) is 0 Å². The van der Waals surface area contributed by atoms with Gasteiger partial charge in [0, 0.05) is 102 Å². The number of rotatable bonds is 28. The summed E-state index contributed by atoms with van der Waals surface area (Å²) in [5, 5.41) is 16.6. The van der Waals surface area contributed by atoms with E-state index < -0.39 is 12.1 Å². The Hall–Kier alpha value is -0.972. The fourth-order valence-electron chi connectivity index (χ4n) is 5.30. The molecule has 0 aromatic heterocycles. The predicted octanol–water partition coefficient (Wildman–Crippen LogP) is 8.09. The Bertz CT molecular complexity index is 862. The van der Waals surface area contributed by atoms with Crippen molar-refractivity contribution in [1.82, 2.24) is 31.9 Å². The fraction of sp³-hybridized carbons (Fsp3) is 0.810. The van der Waals surface area contributed by atoms with Gasteiger partial charge in [0.25, 0.3) is 0 Å². The third-order valence-electron chi connectivity index (χ3n) is 8.13. The second-order valence-electron chi connectivity index (χ2n) is 14.0. The number of hydrogen-bond acceptors (Lipinski definition) is 6. The molecule has 0 aliphatic heterocycles. The molecule has 0 spiro atoms. The van der Waals surface area contributed by atoms with Crippen LogP contribution in [0.5, 0.6) is 0 Å². The smallest absolute Gasteiger partial charge is 0.315 e. The van der Waals surface area contributed by atoms with Crippen LogP contribution in [-0.2, 0) is 84.6 Å². The molecule has 0 heterocycles. The third kappa shape index (κ3) is 47.4.